The van der Waals surface area contributed by atoms with E-state index in [2.05, 4.69) is 20.6 Å². The van der Waals surface area contributed by atoms with Gasteiger partial charge in [-0.25, -0.2) is 9.97 Å². The van der Waals surface area contributed by atoms with Crippen molar-refractivity contribution < 1.29 is 9.47 Å². The topological polar surface area (TPSA) is 68.3 Å². The van der Waals surface area contributed by atoms with Crippen molar-refractivity contribution in [3.63, 3.8) is 0 Å². The van der Waals surface area contributed by atoms with Gasteiger partial charge in [-0.2, -0.15) is 0 Å². The third kappa shape index (κ3) is 3.92. The molecule has 0 atom stereocenters. The van der Waals surface area contributed by atoms with Gasteiger partial charge in [-0.05, 0) is 13.8 Å². The second-order valence-corrected chi connectivity index (χ2v) is 5.31. The lowest BCUT2D eigenvalue weighted by atomic mass is 10.2. The molecule has 2 N–H and O–H groups in total. The number of halogens is 1. The van der Waals surface area contributed by atoms with Crippen LogP contribution in [0.2, 0.25) is 5.02 Å². The van der Waals surface area contributed by atoms with Gasteiger partial charge >= 0.3 is 0 Å². The number of anilines is 3. The zero-order valence-corrected chi connectivity index (χ0v) is 13.7. The van der Waals surface area contributed by atoms with Crippen molar-refractivity contribution >= 4 is 28.9 Å². The second kappa shape index (κ2) is 7.17. The van der Waals surface area contributed by atoms with Crippen LogP contribution in [0.1, 0.15) is 13.8 Å². The normalized spacial score (nSPS) is 10.5. The molecule has 0 aliphatic heterocycles. The number of hydrogen-bond donors (Lipinski definition) is 2. The largest absolute Gasteiger partial charge is 0.495 e. The van der Waals surface area contributed by atoms with E-state index in [4.69, 9.17) is 21.1 Å². The molecule has 0 unspecified atom stereocenters. The molecule has 0 saturated carbocycles. The minimum absolute atomic E-state index is 0.285. The summed E-state index contributed by atoms with van der Waals surface area (Å²) < 4.78 is 10.6. The Bertz CT molecular complexity index is 649. The fourth-order valence-electron chi connectivity index (χ4n) is 1.90. The molecule has 0 radical (unpaired) electrons. The molecule has 0 saturated heterocycles. The number of hydrogen-bond acceptors (Lipinski definition) is 6. The second-order valence-electron chi connectivity index (χ2n) is 4.90. The Morgan fingerprint density at radius 2 is 1.68 bits per heavy atom. The van der Waals surface area contributed by atoms with Crippen LogP contribution in [0.5, 0.6) is 11.5 Å². The zero-order valence-electron chi connectivity index (χ0n) is 13.0. The Balaban J connectivity index is 2.30. The van der Waals surface area contributed by atoms with E-state index in [1.807, 2.05) is 19.9 Å². The number of methoxy groups -OCH3 is 2. The van der Waals surface area contributed by atoms with Crippen molar-refractivity contribution in [1.29, 1.82) is 0 Å². The van der Waals surface area contributed by atoms with E-state index < -0.39 is 0 Å². The van der Waals surface area contributed by atoms with Crippen LogP contribution < -0.4 is 20.1 Å². The van der Waals surface area contributed by atoms with E-state index in [0.29, 0.717) is 28.0 Å². The van der Waals surface area contributed by atoms with Crippen LogP contribution >= 0.6 is 11.6 Å². The third-order valence-electron chi connectivity index (χ3n) is 2.84. The maximum absolute atomic E-state index is 6.10. The predicted octanol–water partition coefficient (Wildman–Crippen LogP) is 3.71. The van der Waals surface area contributed by atoms with Gasteiger partial charge in [-0.15, -0.1) is 0 Å². The number of ether oxygens (including phenoxy) is 2. The summed E-state index contributed by atoms with van der Waals surface area (Å²) in [4.78, 5) is 8.38. The molecule has 0 amide bonds. The van der Waals surface area contributed by atoms with Gasteiger partial charge < -0.3 is 20.1 Å². The molecule has 1 heterocycles. The average molecular weight is 323 g/mol. The number of nitrogens with zero attached hydrogens (tertiary/aromatic N) is 2. The summed E-state index contributed by atoms with van der Waals surface area (Å²) >= 11 is 6.10. The highest BCUT2D eigenvalue weighted by molar-refractivity contribution is 6.32. The van der Waals surface area contributed by atoms with Crippen molar-refractivity contribution in [1.82, 2.24) is 9.97 Å². The van der Waals surface area contributed by atoms with Crippen LogP contribution in [0.3, 0.4) is 0 Å². The molecule has 0 bridgehead atoms. The van der Waals surface area contributed by atoms with E-state index >= 15 is 0 Å². The fourth-order valence-corrected chi connectivity index (χ4v) is 2.13. The molecule has 7 heteroatoms. The average Bonchev–Trinajstić information content (AvgIpc) is 2.48. The minimum atomic E-state index is 0.285. The summed E-state index contributed by atoms with van der Waals surface area (Å²) in [5, 5.41) is 6.89. The maximum atomic E-state index is 6.10. The van der Waals surface area contributed by atoms with Crippen LogP contribution in [0, 0.1) is 0 Å². The predicted molar refractivity (Wildman–Crippen MR) is 88.6 cm³/mol. The fraction of sp³-hybridized carbons (Fsp3) is 0.333. The number of rotatable bonds is 6. The first-order valence-corrected chi connectivity index (χ1v) is 7.18. The molecule has 0 fully saturated rings. The first-order valence-electron chi connectivity index (χ1n) is 6.80. The minimum Gasteiger partial charge on any atom is -0.495 e. The van der Waals surface area contributed by atoms with Crippen molar-refractivity contribution in [3.05, 3.63) is 29.5 Å². The zero-order chi connectivity index (χ0) is 16.1. The molecule has 0 aliphatic rings. The highest BCUT2D eigenvalue weighted by atomic mass is 35.5. The molecule has 2 aromatic rings. The quantitative estimate of drug-likeness (QED) is 0.845. The van der Waals surface area contributed by atoms with Crippen LogP contribution in [-0.2, 0) is 0 Å². The van der Waals surface area contributed by atoms with Crippen LogP contribution in [0.25, 0.3) is 0 Å². The Morgan fingerprint density at radius 1 is 1.00 bits per heavy atom. The van der Waals surface area contributed by atoms with E-state index in [-0.39, 0.29) is 6.04 Å². The molecular formula is C15H19ClN4O2. The summed E-state index contributed by atoms with van der Waals surface area (Å²) in [6, 6.07) is 5.56. The smallest absolute Gasteiger partial charge is 0.144 e. The number of aromatic nitrogens is 2. The Morgan fingerprint density at radius 3 is 2.32 bits per heavy atom. The van der Waals surface area contributed by atoms with Crippen molar-refractivity contribution in [2.24, 2.45) is 0 Å². The van der Waals surface area contributed by atoms with E-state index in [9.17, 15) is 0 Å². The standard InChI is InChI=1S/C15H19ClN4O2/c1-9(2)19-14-7-15(18-8-17-14)20-11-6-12(21-3)10(16)5-13(11)22-4/h5-9H,1-4H3,(H2,17,18,19,20). The van der Waals surface area contributed by atoms with Crippen LogP contribution in [0.15, 0.2) is 24.5 Å². The van der Waals surface area contributed by atoms with Crippen LogP contribution in [0.4, 0.5) is 17.3 Å². The monoisotopic (exact) mass is 322 g/mol. The highest BCUT2D eigenvalue weighted by Gasteiger charge is 2.11. The molecule has 118 valence electrons. The number of benzene rings is 1. The summed E-state index contributed by atoms with van der Waals surface area (Å²) in [5.74, 6) is 2.54. The lowest BCUT2D eigenvalue weighted by Gasteiger charge is -2.14. The molecule has 1 aromatic carbocycles. The lowest BCUT2D eigenvalue weighted by molar-refractivity contribution is 0.405. The van der Waals surface area contributed by atoms with E-state index in [1.54, 1.807) is 26.4 Å². The molecule has 0 spiro atoms. The van der Waals surface area contributed by atoms with Gasteiger partial charge in [0.15, 0.2) is 0 Å². The van der Waals surface area contributed by atoms with Crippen molar-refractivity contribution in [2.45, 2.75) is 19.9 Å². The summed E-state index contributed by atoms with van der Waals surface area (Å²) in [6.45, 7) is 4.09. The Hall–Kier alpha value is -2.21. The van der Waals surface area contributed by atoms with Gasteiger partial charge in [-0.3, -0.25) is 0 Å². The van der Waals surface area contributed by atoms with Crippen molar-refractivity contribution in [3.8, 4) is 11.5 Å². The molecule has 2 rings (SSSR count). The first-order chi connectivity index (χ1) is 10.5. The van der Waals surface area contributed by atoms with Gasteiger partial charge in [-0.1, -0.05) is 11.6 Å². The van der Waals surface area contributed by atoms with Gasteiger partial charge in [0.1, 0.15) is 29.5 Å². The van der Waals surface area contributed by atoms with Gasteiger partial charge in [0.2, 0.25) is 0 Å². The highest BCUT2D eigenvalue weighted by Crippen LogP contribution is 2.37. The molecular weight excluding hydrogens is 304 g/mol. The first kappa shape index (κ1) is 16.2. The van der Waals surface area contributed by atoms with E-state index in [1.165, 1.54) is 6.33 Å². The third-order valence-corrected chi connectivity index (χ3v) is 3.14. The Labute approximate surface area is 134 Å². The molecule has 22 heavy (non-hydrogen) atoms. The van der Waals surface area contributed by atoms with Gasteiger partial charge in [0.05, 0.1) is 24.9 Å². The van der Waals surface area contributed by atoms with Crippen molar-refractivity contribution in [2.75, 3.05) is 24.9 Å². The maximum Gasteiger partial charge on any atom is 0.144 e. The SMILES string of the molecule is COc1cc(Nc2cc(NC(C)C)ncn2)c(OC)cc1Cl. The summed E-state index contributed by atoms with van der Waals surface area (Å²) in [5.41, 5.74) is 0.706. The number of nitrogens with one attached hydrogen (secondary N) is 2. The van der Waals surface area contributed by atoms with Gasteiger partial charge in [0, 0.05) is 24.2 Å². The summed E-state index contributed by atoms with van der Waals surface area (Å²) in [6.07, 6.45) is 1.49. The van der Waals surface area contributed by atoms with E-state index in [0.717, 1.165) is 5.82 Å². The Kier molecular flexibility index (Phi) is 5.27. The molecule has 0 aliphatic carbocycles. The molecule has 1 aromatic heterocycles. The summed E-state index contributed by atoms with van der Waals surface area (Å²) in [7, 11) is 3.14. The van der Waals surface area contributed by atoms with Crippen LogP contribution in [-0.4, -0.2) is 30.2 Å². The molecule has 6 nitrogen and oxygen atoms in total. The van der Waals surface area contributed by atoms with Gasteiger partial charge in [0.25, 0.3) is 0 Å². The lowest BCUT2D eigenvalue weighted by Crippen LogP contribution is -2.11.